The summed E-state index contributed by atoms with van der Waals surface area (Å²) < 4.78 is 9.81. The SMILES string of the molecule is COC(=O)N[C@H](C(=O)N1CC2(CC2)C[C@H]1c1ncc(-c2ccc3cc(-c4ccc(-c5cnc([C@@H]6[C@H]7CC[C@H](C7)N6C(=O)[C@H](NC(=O)OC)C6(C)C=CC=CC6)[nH]5)cc4)ccc3c2)[nH]1)C(C)C. The number of imidazole rings is 2. The summed E-state index contributed by atoms with van der Waals surface area (Å²) in [6, 6.07) is 19.5. The summed E-state index contributed by atoms with van der Waals surface area (Å²) >= 11 is 0. The van der Waals surface area contributed by atoms with Gasteiger partial charge in [0, 0.05) is 23.6 Å². The molecule has 2 bridgehead atoms. The van der Waals surface area contributed by atoms with Crippen LogP contribution in [-0.4, -0.2) is 92.6 Å². The van der Waals surface area contributed by atoms with Crippen LogP contribution in [0.1, 0.15) is 89.4 Å². The first-order valence-electron chi connectivity index (χ1n) is 23.3. The van der Waals surface area contributed by atoms with Gasteiger partial charge in [0.15, 0.2) is 0 Å². The first-order chi connectivity index (χ1) is 31.9. The minimum atomic E-state index is -0.789. The normalized spacial score (nSPS) is 24.5. The number of carbonyl (C=O) groups is 4. The molecule has 7 atom stereocenters. The van der Waals surface area contributed by atoms with Crippen molar-refractivity contribution in [3.63, 3.8) is 0 Å². The number of aromatic nitrogens is 4. The zero-order valence-electron chi connectivity index (χ0n) is 38.2. The maximum atomic E-state index is 14.6. The highest BCUT2D eigenvalue weighted by Crippen LogP contribution is 2.58. The number of nitrogens with one attached hydrogen (secondary N) is 4. The van der Waals surface area contributed by atoms with Gasteiger partial charge in [0.25, 0.3) is 0 Å². The predicted octanol–water partition coefficient (Wildman–Crippen LogP) is 9.02. The van der Waals surface area contributed by atoms with Gasteiger partial charge in [-0.25, -0.2) is 19.6 Å². The van der Waals surface area contributed by atoms with Gasteiger partial charge in [0.1, 0.15) is 23.7 Å². The zero-order valence-corrected chi connectivity index (χ0v) is 38.2. The Morgan fingerprint density at radius 3 is 2.09 bits per heavy atom. The average Bonchev–Trinajstić information content (AvgIpc) is 3.97. The van der Waals surface area contributed by atoms with Gasteiger partial charge in [0.2, 0.25) is 11.8 Å². The molecule has 4 heterocycles. The molecule has 2 saturated carbocycles. The third-order valence-electron chi connectivity index (χ3n) is 15.1. The topological polar surface area (TPSA) is 175 Å². The molecule has 2 aromatic heterocycles. The number of hydrogen-bond acceptors (Lipinski definition) is 8. The lowest BCUT2D eigenvalue weighted by Gasteiger charge is -2.41. The summed E-state index contributed by atoms with van der Waals surface area (Å²) in [6.07, 6.45) is 16.9. The molecule has 5 aliphatic rings. The lowest BCUT2D eigenvalue weighted by Crippen LogP contribution is -2.57. The number of methoxy groups -OCH3 is 2. The minimum Gasteiger partial charge on any atom is -0.453 e. The van der Waals surface area contributed by atoms with Crippen molar-refractivity contribution in [1.82, 2.24) is 40.4 Å². The summed E-state index contributed by atoms with van der Waals surface area (Å²) in [5, 5.41) is 7.85. The molecular formula is C52H58N8O6. The Balaban J connectivity index is 0.838. The van der Waals surface area contributed by atoms with Crippen molar-refractivity contribution in [2.24, 2.45) is 22.7 Å². The lowest BCUT2D eigenvalue weighted by molar-refractivity contribution is -0.140. The largest absolute Gasteiger partial charge is 0.453 e. The second-order valence-electron chi connectivity index (χ2n) is 19.7. The lowest BCUT2D eigenvalue weighted by atomic mass is 9.76. The molecule has 2 aliphatic heterocycles. The number of allylic oxidation sites excluding steroid dienone is 3. The smallest absolute Gasteiger partial charge is 0.407 e. The number of fused-ring (bicyclic) bond motifs is 3. The Labute approximate surface area is 384 Å². The molecule has 2 saturated heterocycles. The molecule has 10 rings (SSSR count). The molecule has 14 nitrogen and oxygen atoms in total. The fourth-order valence-electron chi connectivity index (χ4n) is 11.1. The number of benzene rings is 3. The van der Waals surface area contributed by atoms with Crippen LogP contribution < -0.4 is 10.6 Å². The summed E-state index contributed by atoms with van der Waals surface area (Å²) in [4.78, 5) is 74.0. The van der Waals surface area contributed by atoms with Gasteiger partial charge in [0.05, 0.1) is 50.1 Å². The molecular weight excluding hydrogens is 833 g/mol. The van der Waals surface area contributed by atoms with E-state index in [0.29, 0.717) is 13.0 Å². The number of nitrogens with zero attached hydrogens (tertiary/aromatic N) is 4. The number of ether oxygens (including phenoxy) is 2. The number of hydrogen-bond donors (Lipinski definition) is 4. The molecule has 4 N–H and O–H groups in total. The van der Waals surface area contributed by atoms with Gasteiger partial charge in [-0.05, 0) is 102 Å². The van der Waals surface area contributed by atoms with Crippen molar-refractivity contribution in [1.29, 1.82) is 0 Å². The van der Waals surface area contributed by atoms with Crippen LogP contribution in [-0.2, 0) is 19.1 Å². The first kappa shape index (κ1) is 43.2. The molecule has 1 unspecified atom stereocenters. The molecule has 4 fully saturated rings. The average molecular weight is 891 g/mol. The second-order valence-corrected chi connectivity index (χ2v) is 19.7. The van der Waals surface area contributed by atoms with E-state index in [1.807, 2.05) is 67.3 Å². The fourth-order valence-corrected chi connectivity index (χ4v) is 11.1. The predicted molar refractivity (Wildman–Crippen MR) is 251 cm³/mol. The zero-order chi connectivity index (χ0) is 45.9. The molecule has 3 aliphatic carbocycles. The number of rotatable bonds is 11. The van der Waals surface area contributed by atoms with Crippen LogP contribution in [0.25, 0.3) is 44.4 Å². The number of aromatic amines is 2. The van der Waals surface area contributed by atoms with E-state index in [1.54, 1.807) is 0 Å². The van der Waals surface area contributed by atoms with Crippen LogP contribution >= 0.6 is 0 Å². The van der Waals surface area contributed by atoms with E-state index in [2.05, 4.69) is 81.3 Å². The van der Waals surface area contributed by atoms with E-state index in [9.17, 15) is 19.2 Å². The van der Waals surface area contributed by atoms with Gasteiger partial charge in [-0.3, -0.25) is 9.59 Å². The molecule has 4 amide bonds. The quantitative estimate of drug-likeness (QED) is 0.102. The molecule has 66 heavy (non-hydrogen) atoms. The van der Waals surface area contributed by atoms with E-state index in [-0.39, 0.29) is 47.2 Å². The van der Waals surface area contributed by atoms with E-state index in [4.69, 9.17) is 19.4 Å². The number of carbonyl (C=O) groups excluding carboxylic acids is 4. The van der Waals surface area contributed by atoms with Crippen molar-refractivity contribution >= 4 is 34.8 Å². The standard InChI is InChI=1S/C52H58N8O6/c1-30(2)42(57-49(63)65-4)47(61)59-29-52(21-22-52)26-41(59)45-53-28-40(55-45)36-16-15-34-23-33(13-14-35(34)24-36)31-9-11-32(12-10-31)39-27-54-46(56-39)43-37-17-18-38(25-37)60(43)48(62)44(58-50(64)66-5)51(3)19-7-6-8-20-51/h6-16,19,23-24,27-28,30,37-38,41-44H,17-18,20-22,25-26,29H2,1-5H3,(H,53,55)(H,54,56)(H,57,63)(H,58,64)/t37-,38+,41-,42-,43-,44-,51?/m0/s1. The summed E-state index contributed by atoms with van der Waals surface area (Å²) in [5.41, 5.74) is 5.46. The highest BCUT2D eigenvalue weighted by molar-refractivity contribution is 5.91. The Bertz CT molecular complexity index is 2750. The van der Waals surface area contributed by atoms with E-state index in [0.717, 1.165) is 94.6 Å². The van der Waals surface area contributed by atoms with E-state index < -0.39 is 29.7 Å². The van der Waals surface area contributed by atoms with Crippen LogP contribution in [0.4, 0.5) is 9.59 Å². The van der Waals surface area contributed by atoms with Crippen LogP contribution in [0.3, 0.4) is 0 Å². The van der Waals surface area contributed by atoms with Gasteiger partial charge in [-0.15, -0.1) is 0 Å². The van der Waals surface area contributed by atoms with Crippen LogP contribution in [0.2, 0.25) is 0 Å². The van der Waals surface area contributed by atoms with Crippen molar-refractivity contribution < 1.29 is 28.7 Å². The summed E-state index contributed by atoms with van der Waals surface area (Å²) in [6.45, 7) is 6.52. The Kier molecular flexibility index (Phi) is 11.1. The maximum absolute atomic E-state index is 14.6. The number of H-pyrrole nitrogens is 2. The van der Waals surface area contributed by atoms with E-state index in [1.165, 1.54) is 14.2 Å². The summed E-state index contributed by atoms with van der Waals surface area (Å²) in [7, 11) is 2.63. The second kappa shape index (κ2) is 16.9. The number of piperidine rings is 1. The maximum Gasteiger partial charge on any atom is 0.407 e. The van der Waals surface area contributed by atoms with E-state index >= 15 is 0 Å². The van der Waals surface area contributed by atoms with Crippen molar-refractivity contribution in [2.45, 2.75) is 95.9 Å². The van der Waals surface area contributed by atoms with Gasteiger partial charge >= 0.3 is 12.2 Å². The number of alkyl carbamates (subject to hydrolysis) is 2. The first-order valence-corrected chi connectivity index (χ1v) is 23.3. The highest BCUT2D eigenvalue weighted by Gasteiger charge is 2.56. The molecule has 0 radical (unpaired) electrons. The molecule has 3 aromatic carbocycles. The van der Waals surface area contributed by atoms with Crippen LogP contribution in [0, 0.1) is 22.7 Å². The third kappa shape index (κ3) is 7.93. The Morgan fingerprint density at radius 2 is 1.41 bits per heavy atom. The Morgan fingerprint density at radius 1 is 0.773 bits per heavy atom. The number of likely N-dealkylation sites (tertiary alicyclic amines) is 2. The monoisotopic (exact) mass is 890 g/mol. The van der Waals surface area contributed by atoms with Crippen molar-refractivity contribution in [3.8, 4) is 33.6 Å². The minimum absolute atomic E-state index is 0.0882. The Hall–Kier alpha value is -6.70. The molecule has 14 heteroatoms. The van der Waals surface area contributed by atoms with Gasteiger partial charge in [-0.2, -0.15) is 0 Å². The fraction of sp³-hybridized carbons (Fsp3) is 0.423. The van der Waals surface area contributed by atoms with Gasteiger partial charge in [-0.1, -0.05) is 93.6 Å². The van der Waals surface area contributed by atoms with Crippen LogP contribution in [0.5, 0.6) is 0 Å². The summed E-state index contributed by atoms with van der Waals surface area (Å²) in [5.74, 6) is 1.49. The highest BCUT2D eigenvalue weighted by atomic mass is 16.5. The van der Waals surface area contributed by atoms with Gasteiger partial charge < -0.3 is 39.9 Å². The molecule has 1 spiro atoms. The molecule has 342 valence electrons. The molecule has 5 aromatic rings. The van der Waals surface area contributed by atoms with Crippen LogP contribution in [0.15, 0.2) is 97.4 Å². The van der Waals surface area contributed by atoms with Crippen molar-refractivity contribution in [3.05, 3.63) is 109 Å². The third-order valence-corrected chi connectivity index (χ3v) is 15.1. The van der Waals surface area contributed by atoms with Crippen molar-refractivity contribution in [2.75, 3.05) is 20.8 Å². The number of amides is 4.